The van der Waals surface area contributed by atoms with Crippen LogP contribution in [0.1, 0.15) is 6.42 Å². The van der Waals surface area contributed by atoms with E-state index in [0.29, 0.717) is 17.7 Å². The molecule has 0 aromatic carbocycles. The lowest BCUT2D eigenvalue weighted by Crippen LogP contribution is -2.44. The molecule has 0 aromatic heterocycles. The molecule has 4 heteroatoms. The van der Waals surface area contributed by atoms with Gasteiger partial charge in [-0.3, -0.25) is 4.79 Å². The van der Waals surface area contributed by atoms with Crippen LogP contribution in [0.25, 0.3) is 0 Å². The fraction of sp³-hybridized carbons (Fsp3) is 0.500. The summed E-state index contributed by atoms with van der Waals surface area (Å²) >= 11 is 7.29. The van der Waals surface area contributed by atoms with E-state index in [1.165, 1.54) is 0 Å². The average molecular weight is 176 g/mol. The van der Waals surface area contributed by atoms with Crippen molar-refractivity contribution < 1.29 is 4.79 Å². The maximum Gasteiger partial charge on any atom is 0.230 e. The Kier molecular flexibility index (Phi) is 1.42. The normalized spacial score (nSPS) is 29.7. The van der Waals surface area contributed by atoms with E-state index < -0.39 is 0 Å². The lowest BCUT2D eigenvalue weighted by Gasteiger charge is -2.31. The lowest BCUT2D eigenvalue weighted by atomic mass is 10.2. The molecule has 2 rings (SSSR count). The Morgan fingerprint density at radius 3 is 3.20 bits per heavy atom. The van der Waals surface area contributed by atoms with E-state index in [4.69, 9.17) is 11.6 Å². The van der Waals surface area contributed by atoms with Gasteiger partial charge in [0.2, 0.25) is 5.91 Å². The minimum atomic E-state index is 0.220. The maximum absolute atomic E-state index is 10.8. The number of rotatable bonds is 1. The van der Waals surface area contributed by atoms with Gasteiger partial charge in [0.05, 0.1) is 17.7 Å². The van der Waals surface area contributed by atoms with E-state index >= 15 is 0 Å². The van der Waals surface area contributed by atoms with Crippen molar-refractivity contribution in [1.82, 2.24) is 4.90 Å². The Labute approximate surface area is 68.2 Å². The Hall–Kier alpha value is -0.150. The van der Waals surface area contributed by atoms with Crippen LogP contribution in [0, 0.1) is 0 Å². The third-order valence-corrected chi connectivity index (χ3v) is 3.31. The summed E-state index contributed by atoms with van der Waals surface area (Å²) < 4.78 is 0. The zero-order chi connectivity index (χ0) is 7.14. The molecular formula is C6H6ClNOS. The average Bonchev–Trinajstić information content (AvgIpc) is 2.26. The summed E-state index contributed by atoms with van der Waals surface area (Å²) in [5.74, 6) is 0.753. The van der Waals surface area contributed by atoms with Crippen LogP contribution >= 0.6 is 23.4 Å². The summed E-state index contributed by atoms with van der Waals surface area (Å²) in [6.07, 6.45) is 2.54. The highest BCUT2D eigenvalue weighted by molar-refractivity contribution is 8.04. The largest absolute Gasteiger partial charge is 0.305 e. The number of amides is 1. The fourth-order valence-corrected chi connectivity index (χ4v) is 2.44. The van der Waals surface area contributed by atoms with E-state index in [2.05, 4.69) is 0 Å². The Bertz CT molecular complexity index is 216. The monoisotopic (exact) mass is 175 g/mol. The van der Waals surface area contributed by atoms with Gasteiger partial charge in [-0.1, -0.05) is 0 Å². The third-order valence-electron chi connectivity index (χ3n) is 1.65. The van der Waals surface area contributed by atoms with Crippen LogP contribution in [0.4, 0.5) is 0 Å². The zero-order valence-electron chi connectivity index (χ0n) is 5.21. The molecule has 0 aliphatic carbocycles. The number of fused-ring (bicyclic) bond motifs is 1. The van der Waals surface area contributed by atoms with Gasteiger partial charge in [0, 0.05) is 11.1 Å². The molecule has 0 radical (unpaired) electrons. The predicted molar refractivity (Wildman–Crippen MR) is 41.6 cm³/mol. The highest BCUT2D eigenvalue weighted by atomic mass is 35.5. The van der Waals surface area contributed by atoms with Crippen LogP contribution in [0.15, 0.2) is 11.1 Å². The van der Waals surface area contributed by atoms with Crippen molar-refractivity contribution in [3.63, 3.8) is 0 Å². The molecule has 10 heavy (non-hydrogen) atoms. The SMILES string of the molecule is O=C1C[C@@H]2SC(CCl)=CN12. The third kappa shape index (κ3) is 0.772. The molecule has 0 bridgehead atoms. The maximum atomic E-state index is 10.8. The van der Waals surface area contributed by atoms with Crippen molar-refractivity contribution in [3.05, 3.63) is 11.1 Å². The van der Waals surface area contributed by atoms with Gasteiger partial charge >= 0.3 is 0 Å². The molecule has 0 N–H and O–H groups in total. The molecule has 0 aromatic rings. The van der Waals surface area contributed by atoms with Crippen LogP contribution < -0.4 is 0 Å². The fourth-order valence-electron chi connectivity index (χ4n) is 1.08. The standard InChI is InChI=1S/C6H6ClNOS/c7-2-4-3-8-5(9)1-6(8)10-4/h3,6H,1-2H2/t6-/m0/s1. The van der Waals surface area contributed by atoms with Crippen molar-refractivity contribution in [2.45, 2.75) is 11.8 Å². The molecule has 1 atom stereocenters. The minimum Gasteiger partial charge on any atom is -0.305 e. The van der Waals surface area contributed by atoms with Crippen molar-refractivity contribution in [2.24, 2.45) is 0 Å². The van der Waals surface area contributed by atoms with Crippen molar-refractivity contribution in [3.8, 4) is 0 Å². The first-order valence-electron chi connectivity index (χ1n) is 3.06. The van der Waals surface area contributed by atoms with E-state index in [0.717, 1.165) is 4.91 Å². The van der Waals surface area contributed by atoms with Crippen LogP contribution in [-0.4, -0.2) is 22.1 Å². The molecule has 2 heterocycles. The quantitative estimate of drug-likeness (QED) is 0.443. The van der Waals surface area contributed by atoms with Gasteiger partial charge in [-0.15, -0.1) is 23.4 Å². The molecule has 2 aliphatic heterocycles. The molecule has 2 nitrogen and oxygen atoms in total. The summed E-state index contributed by atoms with van der Waals surface area (Å²) in [6, 6.07) is 0. The Morgan fingerprint density at radius 2 is 2.70 bits per heavy atom. The number of allylic oxidation sites excluding steroid dienone is 1. The summed E-state index contributed by atoms with van der Waals surface area (Å²) in [5.41, 5.74) is 0. The van der Waals surface area contributed by atoms with Gasteiger partial charge in [-0.05, 0) is 0 Å². The molecule has 1 fully saturated rings. The molecule has 54 valence electrons. The second-order valence-electron chi connectivity index (χ2n) is 2.31. The number of carbonyl (C=O) groups is 1. The molecule has 1 saturated heterocycles. The van der Waals surface area contributed by atoms with Crippen molar-refractivity contribution >= 4 is 29.3 Å². The number of halogens is 1. The zero-order valence-corrected chi connectivity index (χ0v) is 6.78. The van der Waals surface area contributed by atoms with E-state index in [-0.39, 0.29) is 5.91 Å². The van der Waals surface area contributed by atoms with Crippen LogP contribution in [0.2, 0.25) is 0 Å². The summed E-state index contributed by atoms with van der Waals surface area (Å²) in [7, 11) is 0. The first-order valence-corrected chi connectivity index (χ1v) is 4.47. The minimum absolute atomic E-state index is 0.220. The Balaban J connectivity index is 2.12. The highest BCUT2D eigenvalue weighted by Crippen LogP contribution is 2.41. The van der Waals surface area contributed by atoms with Gasteiger partial charge in [-0.2, -0.15) is 0 Å². The first-order chi connectivity index (χ1) is 4.81. The molecular weight excluding hydrogens is 170 g/mol. The van der Waals surface area contributed by atoms with E-state index in [1.54, 1.807) is 16.7 Å². The van der Waals surface area contributed by atoms with Gasteiger partial charge in [-0.25, -0.2) is 0 Å². The molecule has 0 saturated carbocycles. The first kappa shape index (κ1) is 6.55. The van der Waals surface area contributed by atoms with Crippen LogP contribution in [0.3, 0.4) is 0 Å². The molecule has 2 aliphatic rings. The highest BCUT2D eigenvalue weighted by Gasteiger charge is 2.39. The second-order valence-corrected chi connectivity index (χ2v) is 3.88. The topological polar surface area (TPSA) is 20.3 Å². The molecule has 0 unspecified atom stereocenters. The number of hydrogen-bond acceptors (Lipinski definition) is 2. The predicted octanol–water partition coefficient (Wildman–Crippen LogP) is 1.37. The smallest absolute Gasteiger partial charge is 0.230 e. The van der Waals surface area contributed by atoms with Crippen molar-refractivity contribution in [2.75, 3.05) is 5.88 Å². The van der Waals surface area contributed by atoms with Crippen LogP contribution in [-0.2, 0) is 4.79 Å². The molecule has 0 spiro atoms. The van der Waals surface area contributed by atoms with Crippen molar-refractivity contribution in [1.29, 1.82) is 0 Å². The summed E-state index contributed by atoms with van der Waals surface area (Å²) in [6.45, 7) is 0. The second kappa shape index (κ2) is 2.17. The van der Waals surface area contributed by atoms with Gasteiger partial charge in [0.1, 0.15) is 0 Å². The number of carbonyl (C=O) groups excluding carboxylic acids is 1. The number of thioether (sulfide) groups is 1. The van der Waals surface area contributed by atoms with Gasteiger partial charge in [0.15, 0.2) is 0 Å². The van der Waals surface area contributed by atoms with Crippen LogP contribution in [0.5, 0.6) is 0 Å². The van der Waals surface area contributed by atoms with Gasteiger partial charge in [0.25, 0.3) is 0 Å². The molecule has 1 amide bonds. The van der Waals surface area contributed by atoms with E-state index in [1.807, 2.05) is 6.20 Å². The van der Waals surface area contributed by atoms with Gasteiger partial charge < -0.3 is 4.90 Å². The summed E-state index contributed by atoms with van der Waals surface area (Å²) in [5, 5.41) is 0.376. The number of β-lactam (4-membered cyclic amide) rings is 1. The number of nitrogens with zero attached hydrogens (tertiary/aromatic N) is 1. The number of alkyl halides is 1. The van der Waals surface area contributed by atoms with E-state index in [9.17, 15) is 4.79 Å². The lowest BCUT2D eigenvalue weighted by molar-refractivity contribution is -0.137. The summed E-state index contributed by atoms with van der Waals surface area (Å²) in [4.78, 5) is 13.7. The Morgan fingerprint density at radius 1 is 1.90 bits per heavy atom. The number of hydrogen-bond donors (Lipinski definition) is 0.